The third-order valence-electron chi connectivity index (χ3n) is 7.00. The summed E-state index contributed by atoms with van der Waals surface area (Å²) < 4.78 is 53.1. The highest BCUT2D eigenvalue weighted by molar-refractivity contribution is 7.91. The Labute approximate surface area is 231 Å². The van der Waals surface area contributed by atoms with Crippen molar-refractivity contribution in [3.63, 3.8) is 0 Å². The summed E-state index contributed by atoms with van der Waals surface area (Å²) >= 11 is 0. The Morgan fingerprint density at radius 3 is 2.31 bits per heavy atom. The Kier molecular flexibility index (Phi) is 8.15. The van der Waals surface area contributed by atoms with Crippen LogP contribution < -0.4 is 5.56 Å². The minimum Gasteiger partial charge on any atom is -0.318 e. The molecule has 39 heavy (non-hydrogen) atoms. The van der Waals surface area contributed by atoms with Crippen LogP contribution in [-0.4, -0.2) is 38.7 Å². The summed E-state index contributed by atoms with van der Waals surface area (Å²) in [5, 5.41) is -0.331. The largest absolute Gasteiger partial charge is 0.318 e. The van der Waals surface area contributed by atoms with Gasteiger partial charge in [0, 0.05) is 57.3 Å². The maximum absolute atomic E-state index is 13.7. The Hall–Kier alpha value is -2.91. The molecule has 0 spiro atoms. The summed E-state index contributed by atoms with van der Waals surface area (Å²) in [4.78, 5) is 26.4. The summed E-state index contributed by atoms with van der Waals surface area (Å²) in [6.07, 6.45) is 2.96. The number of hydrogen-bond acceptors (Lipinski definition) is 5. The first-order chi connectivity index (χ1) is 18.2. The number of rotatable bonds is 9. The van der Waals surface area contributed by atoms with Gasteiger partial charge in [-0.3, -0.25) is 13.8 Å². The van der Waals surface area contributed by atoms with Crippen LogP contribution in [0.25, 0.3) is 11.1 Å². The van der Waals surface area contributed by atoms with Crippen molar-refractivity contribution in [3.8, 4) is 11.1 Å². The van der Waals surface area contributed by atoms with E-state index in [1.165, 1.54) is 34.9 Å². The highest BCUT2D eigenvalue weighted by Gasteiger charge is 2.35. The summed E-state index contributed by atoms with van der Waals surface area (Å²) in [6.45, 7) is 7.57. The molecule has 1 aliphatic carbocycles. The Morgan fingerprint density at radius 2 is 1.72 bits per heavy atom. The molecular formula is C30H34FNO5S2. The van der Waals surface area contributed by atoms with Gasteiger partial charge in [-0.15, -0.1) is 0 Å². The number of carbonyl (C=O) groups excluding carboxylic acids is 1. The van der Waals surface area contributed by atoms with Gasteiger partial charge in [-0.25, -0.2) is 12.8 Å². The normalized spacial score (nSPS) is 15.6. The Balaban J connectivity index is 1.90. The molecule has 0 N–H and O–H groups in total. The molecular weight excluding hydrogens is 537 g/mol. The van der Waals surface area contributed by atoms with Crippen LogP contribution in [-0.2, 0) is 33.4 Å². The summed E-state index contributed by atoms with van der Waals surface area (Å²) in [5.74, 6) is -0.955. The van der Waals surface area contributed by atoms with E-state index in [9.17, 15) is 26.6 Å². The fourth-order valence-electron chi connectivity index (χ4n) is 4.48. The van der Waals surface area contributed by atoms with Gasteiger partial charge < -0.3 is 4.57 Å². The average Bonchev–Trinajstić information content (AvgIpc) is 3.71. The zero-order valence-electron chi connectivity index (χ0n) is 22.9. The van der Waals surface area contributed by atoms with E-state index in [2.05, 4.69) is 0 Å². The number of halogens is 1. The van der Waals surface area contributed by atoms with E-state index in [1.807, 2.05) is 27.7 Å². The Bertz CT molecular complexity index is 1600. The van der Waals surface area contributed by atoms with Crippen LogP contribution >= 0.6 is 0 Å². The van der Waals surface area contributed by atoms with Crippen molar-refractivity contribution in [3.05, 3.63) is 93.2 Å². The molecule has 1 heterocycles. The van der Waals surface area contributed by atoms with E-state index in [-0.39, 0.29) is 33.8 Å². The second-order valence-corrected chi connectivity index (χ2v) is 15.9. The highest BCUT2D eigenvalue weighted by Crippen LogP contribution is 2.36. The van der Waals surface area contributed by atoms with E-state index >= 15 is 0 Å². The summed E-state index contributed by atoms with van der Waals surface area (Å²) in [6, 6.07) is 11.7. The predicted octanol–water partition coefficient (Wildman–Crippen LogP) is 5.15. The third-order valence-corrected chi connectivity index (χ3v) is 11.4. The first-order valence-electron chi connectivity index (χ1n) is 12.9. The van der Waals surface area contributed by atoms with E-state index in [0.717, 1.165) is 0 Å². The molecule has 2 aromatic carbocycles. The van der Waals surface area contributed by atoms with Crippen molar-refractivity contribution in [1.82, 2.24) is 4.57 Å². The van der Waals surface area contributed by atoms with Gasteiger partial charge in [-0.05, 0) is 86.6 Å². The first-order valence-corrected chi connectivity index (χ1v) is 15.9. The number of carbonyl (C=O) groups is 1. The van der Waals surface area contributed by atoms with Gasteiger partial charge >= 0.3 is 0 Å². The van der Waals surface area contributed by atoms with Crippen molar-refractivity contribution in [2.75, 3.05) is 5.75 Å². The molecule has 0 unspecified atom stereocenters. The molecule has 1 fully saturated rings. The summed E-state index contributed by atoms with van der Waals surface area (Å²) in [7, 11) is -2.91. The molecule has 0 radical (unpaired) electrons. The SMILES string of the molecule is C[C@H](C[S@@](=O)C(C)(C)C)c1cc(=O)n(C)cc1-c1cc(CS(=O)(=O)C2CC2)ccc1C(=O)c1ccc(F)cc1. The van der Waals surface area contributed by atoms with Crippen LogP contribution in [0.5, 0.6) is 0 Å². The summed E-state index contributed by atoms with van der Waals surface area (Å²) in [5.41, 5.74) is 2.58. The second-order valence-electron chi connectivity index (χ2n) is 11.3. The zero-order valence-corrected chi connectivity index (χ0v) is 24.5. The van der Waals surface area contributed by atoms with Gasteiger partial charge in [0.15, 0.2) is 15.6 Å². The standard InChI is InChI=1S/C30H34FNO5S2/c1-19(17-38(35)30(2,3)4)25-15-28(33)32(5)16-27(25)26-14-20(18-39(36,37)23-11-12-23)6-13-24(26)29(34)21-7-9-22(31)10-8-21/h6-10,13-16,19,23H,11-12,17-18H2,1-5H3/t19-,38-/m1/s1. The van der Waals surface area contributed by atoms with Crippen molar-refractivity contribution in [2.45, 2.75) is 62.2 Å². The lowest BCUT2D eigenvalue weighted by molar-refractivity contribution is 0.103. The van der Waals surface area contributed by atoms with Crippen LogP contribution in [0.2, 0.25) is 0 Å². The van der Waals surface area contributed by atoms with Crippen molar-refractivity contribution < 1.29 is 21.8 Å². The first kappa shape index (κ1) is 29.1. The minimum atomic E-state index is -3.32. The smallest absolute Gasteiger partial charge is 0.250 e. The number of benzene rings is 2. The maximum Gasteiger partial charge on any atom is 0.250 e. The van der Waals surface area contributed by atoms with Crippen LogP contribution in [0.4, 0.5) is 4.39 Å². The minimum absolute atomic E-state index is 0.152. The Morgan fingerprint density at radius 1 is 1.08 bits per heavy atom. The zero-order chi connectivity index (χ0) is 28.7. The van der Waals surface area contributed by atoms with Gasteiger partial charge in [0.1, 0.15) is 5.82 Å². The van der Waals surface area contributed by atoms with Gasteiger partial charge in [0.25, 0.3) is 5.56 Å². The molecule has 0 bridgehead atoms. The molecule has 208 valence electrons. The predicted molar refractivity (Wildman–Crippen MR) is 154 cm³/mol. The number of pyridine rings is 1. The highest BCUT2D eigenvalue weighted by atomic mass is 32.2. The molecule has 6 nitrogen and oxygen atoms in total. The average molecular weight is 572 g/mol. The van der Waals surface area contributed by atoms with Crippen molar-refractivity contribution >= 4 is 26.4 Å². The maximum atomic E-state index is 13.7. The number of aryl methyl sites for hydroxylation is 1. The van der Waals surface area contributed by atoms with Gasteiger partial charge in [-0.1, -0.05) is 19.1 Å². The second kappa shape index (κ2) is 10.9. The van der Waals surface area contributed by atoms with Crippen LogP contribution in [0.1, 0.15) is 73.5 Å². The topological polar surface area (TPSA) is 90.3 Å². The van der Waals surface area contributed by atoms with Crippen LogP contribution in [0.15, 0.2) is 59.5 Å². The number of ketones is 1. The molecule has 2 atom stereocenters. The molecule has 0 saturated heterocycles. The van der Waals surface area contributed by atoms with Crippen LogP contribution in [0, 0.1) is 5.82 Å². The quantitative estimate of drug-likeness (QED) is 0.332. The van der Waals surface area contributed by atoms with E-state index < -0.39 is 31.2 Å². The van der Waals surface area contributed by atoms with Crippen molar-refractivity contribution in [2.24, 2.45) is 7.05 Å². The molecule has 1 aromatic heterocycles. The molecule has 3 aromatic rings. The number of hydrogen-bond donors (Lipinski definition) is 0. The van der Waals surface area contributed by atoms with Gasteiger partial charge in [-0.2, -0.15) is 0 Å². The lowest BCUT2D eigenvalue weighted by atomic mass is 9.88. The number of nitrogens with zero attached hydrogens (tertiary/aromatic N) is 1. The number of aromatic nitrogens is 1. The molecule has 0 aliphatic heterocycles. The molecule has 9 heteroatoms. The number of sulfone groups is 1. The van der Waals surface area contributed by atoms with Crippen LogP contribution in [0.3, 0.4) is 0 Å². The lowest BCUT2D eigenvalue weighted by Crippen LogP contribution is -2.27. The fourth-order valence-corrected chi connectivity index (χ4v) is 7.35. The molecule has 0 amide bonds. The lowest BCUT2D eigenvalue weighted by Gasteiger charge is -2.23. The van der Waals surface area contributed by atoms with Gasteiger partial charge in [0.05, 0.1) is 11.0 Å². The molecule has 4 rings (SSSR count). The molecule has 1 saturated carbocycles. The fraction of sp³-hybridized carbons (Fsp3) is 0.400. The van der Waals surface area contributed by atoms with E-state index in [4.69, 9.17) is 0 Å². The molecule has 1 aliphatic rings. The third kappa shape index (κ3) is 6.64. The van der Waals surface area contributed by atoms with Crippen molar-refractivity contribution in [1.29, 1.82) is 0 Å². The monoisotopic (exact) mass is 571 g/mol. The van der Waals surface area contributed by atoms with Gasteiger partial charge in [0.2, 0.25) is 0 Å². The van der Waals surface area contributed by atoms with E-state index in [0.29, 0.717) is 46.4 Å². The van der Waals surface area contributed by atoms with E-state index in [1.54, 1.807) is 31.4 Å².